The van der Waals surface area contributed by atoms with Crippen molar-refractivity contribution in [1.82, 2.24) is 28.2 Å². The van der Waals surface area contributed by atoms with Crippen LogP contribution in [0.25, 0.3) is 0 Å². The molecule has 14 nitrogen and oxygen atoms in total. The molecule has 0 spiro atoms. The van der Waals surface area contributed by atoms with Crippen LogP contribution in [0.1, 0.15) is 105 Å². The van der Waals surface area contributed by atoms with E-state index in [1.807, 2.05) is 36.5 Å². The van der Waals surface area contributed by atoms with Crippen LogP contribution in [0.4, 0.5) is 24.5 Å². The maximum atomic E-state index is 15.0. The number of alkyl halides is 3. The van der Waals surface area contributed by atoms with Crippen molar-refractivity contribution in [3.05, 3.63) is 120 Å². The van der Waals surface area contributed by atoms with Crippen molar-refractivity contribution in [3.63, 3.8) is 0 Å². The van der Waals surface area contributed by atoms with Crippen LogP contribution < -0.4 is 19.0 Å². The fraction of sp³-hybridized carbons (Fsp3) is 0.510. The first-order chi connectivity index (χ1) is 32.7. The lowest BCUT2D eigenvalue weighted by Crippen LogP contribution is -2.50. The Morgan fingerprint density at radius 2 is 1.38 bits per heavy atom. The summed E-state index contributed by atoms with van der Waals surface area (Å²) in [7, 11) is -5.28. The SMILES string of the molecule is COc1ccc2c(c1)N(Cc1cn(N(C)S(=O)(=O)N3Cc4ccccc4N(Cc4cnc[nH]4)C(CCC4CCCC4)C3)cn1)C(CCC1CCCC1)CN(S(=O)(=O)c1ccc(C(F)(F)F)cc1)C2. The van der Waals surface area contributed by atoms with Gasteiger partial charge in [-0.2, -0.15) is 34.6 Å². The number of benzene rings is 3. The van der Waals surface area contributed by atoms with Crippen molar-refractivity contribution in [2.45, 2.75) is 126 Å². The summed E-state index contributed by atoms with van der Waals surface area (Å²) in [5.41, 5.74) is 3.93. The first-order valence-corrected chi connectivity index (χ1v) is 26.7. The number of ether oxygens (including phenoxy) is 1. The minimum atomic E-state index is -4.61. The molecule has 4 heterocycles. The minimum Gasteiger partial charge on any atom is -0.497 e. The van der Waals surface area contributed by atoms with Crippen LogP contribution >= 0.6 is 0 Å². The highest BCUT2D eigenvalue weighted by Crippen LogP contribution is 2.39. The van der Waals surface area contributed by atoms with Crippen molar-refractivity contribution >= 4 is 31.6 Å². The highest BCUT2D eigenvalue weighted by atomic mass is 32.2. The number of hydrogen-bond donors (Lipinski definition) is 1. The fourth-order valence-corrected chi connectivity index (χ4v) is 13.7. The molecule has 0 radical (unpaired) electrons. The molecule has 0 bridgehead atoms. The number of halogens is 3. The molecule has 4 aliphatic rings. The van der Waals surface area contributed by atoms with E-state index in [2.05, 4.69) is 25.8 Å². The zero-order valence-corrected chi connectivity index (χ0v) is 40.4. The number of hydrogen-bond acceptors (Lipinski definition) is 9. The van der Waals surface area contributed by atoms with Crippen LogP contribution in [-0.4, -0.2) is 84.4 Å². The summed E-state index contributed by atoms with van der Waals surface area (Å²) in [5.74, 6) is 1.70. The summed E-state index contributed by atoms with van der Waals surface area (Å²) in [6.07, 6.45) is 14.8. The summed E-state index contributed by atoms with van der Waals surface area (Å²) in [6.45, 7) is 1.29. The number of sulfonamides is 1. The molecule has 9 rings (SSSR count). The van der Waals surface area contributed by atoms with Gasteiger partial charge in [0.2, 0.25) is 10.0 Å². The highest BCUT2D eigenvalue weighted by molar-refractivity contribution is 7.90. The topological polar surface area (TPSA) is 140 Å². The molecule has 366 valence electrons. The molecule has 3 aromatic carbocycles. The number of H-pyrrole nitrogens is 1. The van der Waals surface area contributed by atoms with Crippen molar-refractivity contribution in [3.8, 4) is 5.75 Å². The molecule has 2 saturated carbocycles. The van der Waals surface area contributed by atoms with Crippen molar-refractivity contribution in [1.29, 1.82) is 0 Å². The molecule has 2 aliphatic carbocycles. The third kappa shape index (κ3) is 10.4. The van der Waals surface area contributed by atoms with Gasteiger partial charge in [-0.3, -0.25) is 0 Å². The van der Waals surface area contributed by atoms with Gasteiger partial charge in [0.25, 0.3) is 0 Å². The van der Waals surface area contributed by atoms with E-state index in [0.717, 1.165) is 91.8 Å². The Morgan fingerprint density at radius 1 is 0.765 bits per heavy atom. The van der Waals surface area contributed by atoms with Crippen LogP contribution in [0.2, 0.25) is 0 Å². The van der Waals surface area contributed by atoms with Crippen molar-refractivity contribution in [2.24, 2.45) is 11.8 Å². The molecule has 5 aromatic rings. The van der Waals surface area contributed by atoms with E-state index >= 15 is 0 Å². The molecule has 2 atom stereocenters. The van der Waals surface area contributed by atoms with E-state index in [9.17, 15) is 30.0 Å². The van der Waals surface area contributed by atoms with Crippen LogP contribution in [0.5, 0.6) is 5.75 Å². The maximum Gasteiger partial charge on any atom is 0.416 e. The average molecular weight is 978 g/mol. The Hall–Kier alpha value is -5.11. The van der Waals surface area contributed by atoms with Crippen molar-refractivity contribution < 1.29 is 34.7 Å². The summed E-state index contributed by atoms with van der Waals surface area (Å²) in [4.78, 5) is 16.6. The molecular weight excluding hydrogens is 916 g/mol. The van der Waals surface area contributed by atoms with Crippen LogP contribution in [-0.2, 0) is 52.6 Å². The molecule has 2 unspecified atom stereocenters. The third-order valence-corrected chi connectivity index (χ3v) is 18.3. The van der Waals surface area contributed by atoms with Gasteiger partial charge in [0.15, 0.2) is 0 Å². The number of fused-ring (bicyclic) bond motifs is 2. The number of aromatic amines is 1. The second-order valence-corrected chi connectivity index (χ2v) is 22.9. The average Bonchev–Trinajstić information content (AvgIpc) is 4.19. The molecular formula is C49H62F3N9O5S2. The second-order valence-electron chi connectivity index (χ2n) is 19.0. The van der Waals surface area contributed by atoms with Gasteiger partial charge in [0, 0.05) is 68.9 Å². The molecule has 1 N–H and O–H groups in total. The second kappa shape index (κ2) is 20.1. The normalized spacial score (nSPS) is 20.3. The monoisotopic (exact) mass is 977 g/mol. The standard InChI is InChI=1S/C49H62F3N9O5S2/c1-56(68(64,65)59-28-38-13-7-8-14-47(38)60(30-41-26-53-34-54-41)44(33-59)21-16-37-11-5-6-12-37)57-29-42(55-35-57)31-61-43(20-15-36-9-3-4-10-36)32-58(27-39-17-22-45(66-2)25-48(39)61)67(62,63)46-23-18-40(19-24-46)49(50,51)52/h7-8,13-14,17-19,22-26,29,34-37,43-44H,3-6,9-12,15-16,20-21,27-28,30-33H2,1-2H3,(H,53,54). The quantitative estimate of drug-likeness (QED) is 0.103. The van der Waals surface area contributed by atoms with Gasteiger partial charge in [-0.15, -0.1) is 0 Å². The number of anilines is 2. The summed E-state index contributed by atoms with van der Waals surface area (Å²) < 4.78 is 111. The van der Waals surface area contributed by atoms with Gasteiger partial charge in [-0.1, -0.05) is 75.6 Å². The summed E-state index contributed by atoms with van der Waals surface area (Å²) in [5, 5.41) is 0. The van der Waals surface area contributed by atoms with Gasteiger partial charge in [-0.25, -0.2) is 23.1 Å². The van der Waals surface area contributed by atoms with E-state index in [0.29, 0.717) is 41.8 Å². The van der Waals surface area contributed by atoms with Gasteiger partial charge >= 0.3 is 16.4 Å². The number of methoxy groups -OCH3 is 1. The summed E-state index contributed by atoms with van der Waals surface area (Å²) >= 11 is 0. The van der Waals surface area contributed by atoms with Crippen LogP contribution in [0, 0.1) is 11.8 Å². The Morgan fingerprint density at radius 3 is 2.01 bits per heavy atom. The zero-order valence-electron chi connectivity index (χ0n) is 38.8. The fourth-order valence-electron chi connectivity index (χ4n) is 10.9. The first-order valence-electron chi connectivity index (χ1n) is 23.9. The van der Waals surface area contributed by atoms with E-state index in [-0.39, 0.29) is 49.7 Å². The molecule has 2 aliphatic heterocycles. The first kappa shape index (κ1) is 47.9. The number of imidazole rings is 2. The van der Waals surface area contributed by atoms with Crippen LogP contribution in [0.3, 0.4) is 0 Å². The molecule has 19 heteroatoms. The lowest BCUT2D eigenvalue weighted by Gasteiger charge is -2.35. The number of rotatable bonds is 16. The molecule has 0 amide bonds. The van der Waals surface area contributed by atoms with E-state index in [4.69, 9.17) is 9.72 Å². The van der Waals surface area contributed by atoms with Gasteiger partial charge in [0.1, 0.15) is 12.1 Å². The largest absolute Gasteiger partial charge is 0.497 e. The number of aromatic nitrogens is 4. The lowest BCUT2D eigenvalue weighted by atomic mass is 9.97. The minimum absolute atomic E-state index is 0.0194. The number of para-hydroxylation sites is 1. The number of nitrogens with one attached hydrogen (secondary N) is 1. The lowest BCUT2D eigenvalue weighted by molar-refractivity contribution is -0.137. The van der Waals surface area contributed by atoms with E-state index in [1.165, 1.54) is 52.5 Å². The molecule has 2 fully saturated rings. The van der Waals surface area contributed by atoms with Gasteiger partial charge in [0.05, 0.1) is 54.6 Å². The highest BCUT2D eigenvalue weighted by Gasteiger charge is 2.39. The molecule has 2 aromatic heterocycles. The van der Waals surface area contributed by atoms with E-state index in [1.54, 1.807) is 30.0 Å². The smallest absolute Gasteiger partial charge is 0.416 e. The van der Waals surface area contributed by atoms with Gasteiger partial charge in [-0.05, 0) is 85.0 Å². The Labute approximate surface area is 398 Å². The Balaban J connectivity index is 1.01. The Bertz CT molecular complexity index is 2710. The predicted octanol–water partition coefficient (Wildman–Crippen LogP) is 8.86. The zero-order chi connectivity index (χ0) is 47.6. The van der Waals surface area contributed by atoms with Crippen molar-refractivity contribution in [2.75, 3.05) is 41.5 Å². The van der Waals surface area contributed by atoms with Crippen LogP contribution in [0.15, 0.2) is 96.7 Å². The third-order valence-electron chi connectivity index (χ3n) is 14.7. The summed E-state index contributed by atoms with van der Waals surface area (Å²) in [6, 6.07) is 16.7. The Kier molecular flexibility index (Phi) is 14.2. The predicted molar refractivity (Wildman–Crippen MR) is 255 cm³/mol. The maximum absolute atomic E-state index is 15.0. The van der Waals surface area contributed by atoms with Gasteiger partial charge < -0.3 is 19.5 Å². The van der Waals surface area contributed by atoms with E-state index < -0.39 is 32.0 Å². The molecule has 0 saturated heterocycles. The number of nitrogens with zero attached hydrogens (tertiary/aromatic N) is 8. The molecule has 68 heavy (non-hydrogen) atoms.